The lowest BCUT2D eigenvalue weighted by molar-refractivity contribution is 0.288. The molecule has 0 atom stereocenters. The molecule has 0 bridgehead atoms. The van der Waals surface area contributed by atoms with Crippen LogP contribution in [0.3, 0.4) is 0 Å². The zero-order chi connectivity index (χ0) is 10.6. The van der Waals surface area contributed by atoms with Crippen molar-refractivity contribution in [3.05, 3.63) is 23.5 Å². The third-order valence-electron chi connectivity index (χ3n) is 1.95. The summed E-state index contributed by atoms with van der Waals surface area (Å²) in [4.78, 5) is 0. The van der Waals surface area contributed by atoms with E-state index in [0.29, 0.717) is 18.4 Å². The first-order valence-corrected chi connectivity index (χ1v) is 4.35. The summed E-state index contributed by atoms with van der Waals surface area (Å²) in [6.45, 7) is 0.0165. The Balaban J connectivity index is 2.92. The molecular formula is C10H13FO3. The molecule has 1 rings (SSSR count). The summed E-state index contributed by atoms with van der Waals surface area (Å²) in [5, 5.41) is 17.8. The summed E-state index contributed by atoms with van der Waals surface area (Å²) in [5.41, 5.74) is 0.439. The molecule has 0 aliphatic heterocycles. The molecule has 0 spiro atoms. The average Bonchev–Trinajstić information content (AvgIpc) is 2.17. The van der Waals surface area contributed by atoms with Gasteiger partial charge in [0.1, 0.15) is 5.82 Å². The van der Waals surface area contributed by atoms with Gasteiger partial charge in [-0.05, 0) is 24.5 Å². The highest BCUT2D eigenvalue weighted by Crippen LogP contribution is 2.29. The van der Waals surface area contributed by atoms with Crippen molar-refractivity contribution in [3.8, 4) is 11.5 Å². The number of hydrogen-bond acceptors (Lipinski definition) is 3. The number of aromatic hydroxyl groups is 1. The molecule has 0 amide bonds. The highest BCUT2D eigenvalue weighted by Gasteiger charge is 2.08. The molecule has 4 heteroatoms. The molecule has 14 heavy (non-hydrogen) atoms. The van der Waals surface area contributed by atoms with E-state index in [-0.39, 0.29) is 18.1 Å². The molecule has 2 N–H and O–H groups in total. The van der Waals surface area contributed by atoms with E-state index >= 15 is 0 Å². The van der Waals surface area contributed by atoms with Gasteiger partial charge in [-0.1, -0.05) is 0 Å². The van der Waals surface area contributed by atoms with Crippen LogP contribution in [0.4, 0.5) is 4.39 Å². The van der Waals surface area contributed by atoms with Crippen LogP contribution in [0.5, 0.6) is 11.5 Å². The maximum Gasteiger partial charge on any atom is 0.160 e. The van der Waals surface area contributed by atoms with E-state index in [9.17, 15) is 9.50 Å². The number of methoxy groups -OCH3 is 1. The van der Waals surface area contributed by atoms with E-state index < -0.39 is 5.82 Å². The van der Waals surface area contributed by atoms with Gasteiger partial charge >= 0.3 is 0 Å². The summed E-state index contributed by atoms with van der Waals surface area (Å²) in [6.07, 6.45) is 0.920. The van der Waals surface area contributed by atoms with Crippen LogP contribution < -0.4 is 4.74 Å². The van der Waals surface area contributed by atoms with Crippen molar-refractivity contribution in [1.82, 2.24) is 0 Å². The quantitative estimate of drug-likeness (QED) is 0.773. The Kier molecular flexibility index (Phi) is 3.71. The molecule has 0 radical (unpaired) electrons. The minimum absolute atomic E-state index is 0.0165. The molecule has 78 valence electrons. The van der Waals surface area contributed by atoms with Gasteiger partial charge in [0.25, 0.3) is 0 Å². The van der Waals surface area contributed by atoms with Crippen LogP contribution in [-0.4, -0.2) is 23.9 Å². The van der Waals surface area contributed by atoms with E-state index in [1.54, 1.807) is 0 Å². The first-order chi connectivity index (χ1) is 6.69. The smallest absolute Gasteiger partial charge is 0.160 e. The van der Waals surface area contributed by atoms with Crippen molar-refractivity contribution in [1.29, 1.82) is 0 Å². The molecule has 0 aromatic heterocycles. The fourth-order valence-corrected chi connectivity index (χ4v) is 1.21. The summed E-state index contributed by atoms with van der Waals surface area (Å²) >= 11 is 0. The van der Waals surface area contributed by atoms with Gasteiger partial charge in [0.05, 0.1) is 7.11 Å². The van der Waals surface area contributed by atoms with E-state index in [1.165, 1.54) is 13.2 Å². The molecular weight excluding hydrogens is 187 g/mol. The minimum Gasteiger partial charge on any atom is -0.504 e. The van der Waals surface area contributed by atoms with Crippen LogP contribution >= 0.6 is 0 Å². The number of phenolic OH excluding ortho intramolecular Hbond substituents is 1. The van der Waals surface area contributed by atoms with Gasteiger partial charge in [-0.15, -0.1) is 0 Å². The van der Waals surface area contributed by atoms with Gasteiger partial charge in [0.15, 0.2) is 11.5 Å². The molecule has 0 fully saturated rings. The maximum absolute atomic E-state index is 13.2. The first kappa shape index (κ1) is 10.8. The Bertz CT molecular complexity index is 312. The lowest BCUT2D eigenvalue weighted by atomic mass is 10.1. The van der Waals surface area contributed by atoms with Gasteiger partial charge in [0.2, 0.25) is 0 Å². The molecule has 0 aliphatic rings. The Morgan fingerprint density at radius 2 is 2.14 bits per heavy atom. The van der Waals surface area contributed by atoms with Gasteiger partial charge in [-0.3, -0.25) is 0 Å². The van der Waals surface area contributed by atoms with Crippen LogP contribution in [0.25, 0.3) is 0 Å². The maximum atomic E-state index is 13.2. The zero-order valence-corrected chi connectivity index (χ0v) is 7.96. The number of rotatable bonds is 4. The molecule has 0 heterocycles. The third-order valence-corrected chi connectivity index (χ3v) is 1.95. The number of benzene rings is 1. The monoisotopic (exact) mass is 200 g/mol. The fraction of sp³-hybridized carbons (Fsp3) is 0.400. The molecule has 1 aromatic carbocycles. The normalized spacial score (nSPS) is 10.2. The van der Waals surface area contributed by atoms with Crippen molar-refractivity contribution in [2.45, 2.75) is 12.8 Å². The number of aliphatic hydroxyl groups is 1. The fourth-order valence-electron chi connectivity index (χ4n) is 1.21. The predicted molar refractivity (Wildman–Crippen MR) is 50.0 cm³/mol. The van der Waals surface area contributed by atoms with Crippen molar-refractivity contribution >= 4 is 0 Å². The van der Waals surface area contributed by atoms with Crippen molar-refractivity contribution < 1.29 is 19.3 Å². The summed E-state index contributed by atoms with van der Waals surface area (Å²) in [5.74, 6) is -0.436. The van der Waals surface area contributed by atoms with Gasteiger partial charge in [0, 0.05) is 12.7 Å². The first-order valence-electron chi connectivity index (χ1n) is 4.35. The summed E-state index contributed by atoms with van der Waals surface area (Å²) in [6, 6.07) is 2.46. The number of aryl methyl sites for hydroxylation is 1. The zero-order valence-electron chi connectivity index (χ0n) is 7.96. The second-order valence-electron chi connectivity index (χ2n) is 2.94. The molecule has 0 saturated heterocycles. The van der Waals surface area contributed by atoms with Gasteiger partial charge < -0.3 is 14.9 Å². The lowest BCUT2D eigenvalue weighted by Crippen LogP contribution is -1.95. The lowest BCUT2D eigenvalue weighted by Gasteiger charge is -2.07. The molecule has 0 unspecified atom stereocenters. The molecule has 0 saturated carbocycles. The Hall–Kier alpha value is -1.29. The van der Waals surface area contributed by atoms with Crippen molar-refractivity contribution in [3.63, 3.8) is 0 Å². The standard InChI is InChI=1S/C10H13FO3/c1-14-10-5-7(3-2-4-12)8(11)6-9(10)13/h5-6,12-13H,2-4H2,1H3. The van der Waals surface area contributed by atoms with Crippen LogP contribution in [0, 0.1) is 5.82 Å². The second kappa shape index (κ2) is 4.81. The third kappa shape index (κ3) is 2.35. The van der Waals surface area contributed by atoms with Gasteiger partial charge in [-0.25, -0.2) is 4.39 Å². The van der Waals surface area contributed by atoms with E-state index in [0.717, 1.165) is 6.07 Å². The Labute approximate surface area is 81.8 Å². The topological polar surface area (TPSA) is 49.7 Å². The minimum atomic E-state index is -0.475. The predicted octanol–water partition coefficient (Wildman–Crippen LogP) is 1.46. The number of phenols is 1. The highest BCUT2D eigenvalue weighted by molar-refractivity contribution is 5.42. The van der Waals surface area contributed by atoms with Gasteiger partial charge in [-0.2, -0.15) is 0 Å². The Morgan fingerprint density at radius 3 is 2.71 bits per heavy atom. The van der Waals surface area contributed by atoms with Crippen LogP contribution in [0.1, 0.15) is 12.0 Å². The average molecular weight is 200 g/mol. The van der Waals surface area contributed by atoms with E-state index in [4.69, 9.17) is 9.84 Å². The van der Waals surface area contributed by atoms with Crippen molar-refractivity contribution in [2.75, 3.05) is 13.7 Å². The number of halogens is 1. The van der Waals surface area contributed by atoms with Crippen LogP contribution in [-0.2, 0) is 6.42 Å². The molecule has 3 nitrogen and oxygen atoms in total. The highest BCUT2D eigenvalue weighted by atomic mass is 19.1. The van der Waals surface area contributed by atoms with Crippen LogP contribution in [0.2, 0.25) is 0 Å². The molecule has 0 aliphatic carbocycles. The molecule has 1 aromatic rings. The van der Waals surface area contributed by atoms with E-state index in [1.807, 2.05) is 0 Å². The number of ether oxygens (including phenoxy) is 1. The van der Waals surface area contributed by atoms with Crippen LogP contribution in [0.15, 0.2) is 12.1 Å². The van der Waals surface area contributed by atoms with Crippen molar-refractivity contribution in [2.24, 2.45) is 0 Å². The van der Waals surface area contributed by atoms with E-state index in [2.05, 4.69) is 0 Å². The SMILES string of the molecule is COc1cc(CCCO)c(F)cc1O. The second-order valence-corrected chi connectivity index (χ2v) is 2.94. The summed E-state index contributed by atoms with van der Waals surface area (Å²) in [7, 11) is 1.41. The largest absolute Gasteiger partial charge is 0.504 e. The summed E-state index contributed by atoms with van der Waals surface area (Å²) < 4.78 is 18.0. The number of hydrogen-bond donors (Lipinski definition) is 2. The Morgan fingerprint density at radius 1 is 1.43 bits per heavy atom. The number of aliphatic hydroxyl groups excluding tert-OH is 1.